The molecule has 3 heterocycles. The second kappa shape index (κ2) is 9.77. The van der Waals surface area contributed by atoms with Gasteiger partial charge in [0.2, 0.25) is 11.8 Å². The Bertz CT molecular complexity index is 1640. The van der Waals surface area contributed by atoms with Gasteiger partial charge in [0.15, 0.2) is 0 Å². The van der Waals surface area contributed by atoms with Crippen molar-refractivity contribution < 1.29 is 22.6 Å². The second-order valence-corrected chi connectivity index (χ2v) is 13.9. The third-order valence-corrected chi connectivity index (χ3v) is 11.2. The first kappa shape index (κ1) is 27.3. The molecule has 218 valence electrons. The van der Waals surface area contributed by atoms with E-state index < -0.39 is 38.9 Å². The molecule has 1 saturated carbocycles. The quantitative estimate of drug-likeness (QED) is 0.467. The summed E-state index contributed by atoms with van der Waals surface area (Å²) in [5.74, 6) is -0.804. The Morgan fingerprint density at radius 1 is 1.00 bits per heavy atom. The summed E-state index contributed by atoms with van der Waals surface area (Å²) in [6.07, 6.45) is 5.99. The Labute approximate surface area is 245 Å². The summed E-state index contributed by atoms with van der Waals surface area (Å²) in [5.41, 5.74) is 0.866. The molecule has 2 aromatic carbocycles. The van der Waals surface area contributed by atoms with E-state index in [0.717, 1.165) is 35.6 Å². The van der Waals surface area contributed by atoms with Crippen LogP contribution in [0.15, 0.2) is 59.6 Å². The lowest BCUT2D eigenvalue weighted by molar-refractivity contribution is -0.150. The number of hydrogen-bond donors (Lipinski definition) is 2. The molecule has 4 aliphatic rings. The Kier molecular flexibility index (Phi) is 6.36. The number of pyridine rings is 1. The van der Waals surface area contributed by atoms with Crippen molar-refractivity contribution >= 4 is 28.4 Å². The number of amides is 2. The number of nitrogens with zero attached hydrogens (tertiary/aromatic N) is 2. The van der Waals surface area contributed by atoms with Crippen molar-refractivity contribution in [3.05, 3.63) is 88.6 Å². The maximum Gasteiger partial charge on any atom is 0.243 e. The van der Waals surface area contributed by atoms with Gasteiger partial charge in [-0.15, -0.1) is 0 Å². The van der Waals surface area contributed by atoms with Gasteiger partial charge in [-0.2, -0.15) is 0 Å². The normalized spacial score (nSPS) is 26.5. The van der Waals surface area contributed by atoms with Crippen LogP contribution >= 0.6 is 0 Å². The number of fused-ring (bicyclic) bond motifs is 3. The summed E-state index contributed by atoms with van der Waals surface area (Å²) in [6, 6.07) is 12.9. The molecule has 10 heteroatoms. The van der Waals surface area contributed by atoms with E-state index in [9.17, 15) is 22.6 Å². The Hall–Kier alpha value is -3.50. The molecule has 3 aromatic rings. The Morgan fingerprint density at radius 2 is 1.74 bits per heavy atom. The van der Waals surface area contributed by atoms with Crippen LogP contribution in [-0.4, -0.2) is 50.3 Å². The van der Waals surface area contributed by atoms with Gasteiger partial charge in [0, 0.05) is 41.6 Å². The molecule has 2 spiro atoms. The minimum atomic E-state index is -1.45. The van der Waals surface area contributed by atoms with E-state index in [-0.39, 0.29) is 24.1 Å². The fourth-order valence-electron chi connectivity index (χ4n) is 7.51. The molecule has 2 N–H and O–H groups in total. The van der Waals surface area contributed by atoms with Crippen molar-refractivity contribution in [1.29, 1.82) is 0 Å². The monoisotopic (exact) mass is 590 g/mol. The average Bonchev–Trinajstić information content (AvgIpc) is 3.67. The third kappa shape index (κ3) is 4.13. The molecule has 42 heavy (non-hydrogen) atoms. The number of anilines is 1. The van der Waals surface area contributed by atoms with E-state index >= 15 is 0 Å². The van der Waals surface area contributed by atoms with E-state index in [1.54, 1.807) is 11.1 Å². The summed E-state index contributed by atoms with van der Waals surface area (Å²) in [7, 11) is -1.45. The number of halogens is 2. The Balaban J connectivity index is 1.14. The number of carbonyl (C=O) groups excluding carboxylic acids is 2. The third-order valence-electron chi connectivity index (χ3n) is 9.88. The fraction of sp³-hybridized carbons (Fsp3) is 0.406. The summed E-state index contributed by atoms with van der Waals surface area (Å²) in [4.78, 5) is 33.7. The molecular formula is C32H32F2N4O3S. The van der Waals surface area contributed by atoms with Crippen molar-refractivity contribution in [2.75, 3.05) is 24.2 Å². The highest BCUT2D eigenvalue weighted by atomic mass is 32.2. The molecule has 3 atom stereocenters. The number of benzene rings is 2. The maximum atomic E-state index is 14.3. The minimum absolute atomic E-state index is 0.0683. The molecule has 1 saturated heterocycles. The van der Waals surface area contributed by atoms with Gasteiger partial charge in [-0.25, -0.2) is 13.8 Å². The van der Waals surface area contributed by atoms with Crippen LogP contribution in [0.3, 0.4) is 0 Å². The van der Waals surface area contributed by atoms with Crippen molar-refractivity contribution in [2.45, 2.75) is 66.8 Å². The molecule has 7 nitrogen and oxygen atoms in total. The summed E-state index contributed by atoms with van der Waals surface area (Å²) >= 11 is 0. The van der Waals surface area contributed by atoms with E-state index in [1.807, 2.05) is 37.3 Å². The van der Waals surface area contributed by atoms with E-state index in [2.05, 4.69) is 15.6 Å². The van der Waals surface area contributed by atoms with Crippen molar-refractivity contribution in [3.8, 4) is 0 Å². The number of nitrogens with one attached hydrogen (secondary N) is 2. The molecule has 0 bridgehead atoms. The maximum absolute atomic E-state index is 14.3. The van der Waals surface area contributed by atoms with Gasteiger partial charge in [0.1, 0.15) is 17.5 Å². The van der Waals surface area contributed by atoms with Crippen LogP contribution < -0.4 is 10.6 Å². The number of carbonyl (C=O) groups is 2. The van der Waals surface area contributed by atoms with Crippen LogP contribution in [0.4, 0.5) is 14.6 Å². The first-order chi connectivity index (χ1) is 20.1. The van der Waals surface area contributed by atoms with Crippen LogP contribution in [0.5, 0.6) is 0 Å². The molecule has 1 aromatic heterocycles. The molecule has 7 rings (SSSR count). The first-order valence-corrected chi connectivity index (χ1v) is 15.8. The topological polar surface area (TPSA) is 91.4 Å². The molecular weight excluding hydrogens is 558 g/mol. The molecule has 2 aliphatic carbocycles. The summed E-state index contributed by atoms with van der Waals surface area (Å²) in [5, 5.41) is 6.35. The predicted octanol–water partition coefficient (Wildman–Crippen LogP) is 4.12. The van der Waals surface area contributed by atoms with Crippen LogP contribution in [0.1, 0.15) is 54.9 Å². The minimum Gasteiger partial charge on any atom is -0.329 e. The number of rotatable bonds is 5. The van der Waals surface area contributed by atoms with Gasteiger partial charge in [-0.1, -0.05) is 25.0 Å². The fourth-order valence-corrected chi connectivity index (χ4v) is 8.59. The van der Waals surface area contributed by atoms with Crippen LogP contribution in [0.25, 0.3) is 0 Å². The van der Waals surface area contributed by atoms with E-state index in [4.69, 9.17) is 0 Å². The summed E-state index contributed by atoms with van der Waals surface area (Å²) < 4.78 is 42.3. The first-order valence-electron chi connectivity index (χ1n) is 14.4. The lowest BCUT2D eigenvalue weighted by Crippen LogP contribution is -2.70. The van der Waals surface area contributed by atoms with E-state index in [1.165, 1.54) is 12.1 Å². The molecule has 2 aliphatic heterocycles. The van der Waals surface area contributed by atoms with Crippen molar-refractivity contribution in [1.82, 2.24) is 15.2 Å². The van der Waals surface area contributed by atoms with Gasteiger partial charge in [-0.3, -0.25) is 13.8 Å². The predicted molar refractivity (Wildman–Crippen MR) is 154 cm³/mol. The van der Waals surface area contributed by atoms with Gasteiger partial charge < -0.3 is 15.5 Å². The molecule has 0 radical (unpaired) electrons. The van der Waals surface area contributed by atoms with Crippen LogP contribution in [0.2, 0.25) is 0 Å². The van der Waals surface area contributed by atoms with Gasteiger partial charge in [0.25, 0.3) is 0 Å². The van der Waals surface area contributed by atoms with Gasteiger partial charge >= 0.3 is 0 Å². The molecule has 2 fully saturated rings. The Morgan fingerprint density at radius 3 is 2.50 bits per heavy atom. The van der Waals surface area contributed by atoms with Crippen LogP contribution in [-0.2, 0) is 44.2 Å². The molecule has 2 amide bonds. The highest BCUT2D eigenvalue weighted by molar-refractivity contribution is 7.85. The zero-order valence-electron chi connectivity index (χ0n) is 23.3. The number of hydrogen-bond acceptors (Lipinski definition) is 5. The SMILES string of the molecule is C[C@@]1(c2cc(F)cc(F)c2)CNC2(CCCC2)C(=O)N1CCS(=O)c1ccc2c(c1)CC1(C2)C(=O)Nc2ncccc21. The van der Waals surface area contributed by atoms with Crippen LogP contribution in [0, 0.1) is 11.6 Å². The molecule has 2 unspecified atom stereocenters. The summed E-state index contributed by atoms with van der Waals surface area (Å²) in [6.45, 7) is 2.32. The van der Waals surface area contributed by atoms with Gasteiger partial charge in [-0.05, 0) is 79.6 Å². The lowest BCUT2D eigenvalue weighted by Gasteiger charge is -2.52. The van der Waals surface area contributed by atoms with Crippen molar-refractivity contribution in [3.63, 3.8) is 0 Å². The number of piperazine rings is 1. The average molecular weight is 591 g/mol. The zero-order valence-corrected chi connectivity index (χ0v) is 24.2. The highest BCUT2D eigenvalue weighted by Crippen LogP contribution is 2.47. The lowest BCUT2D eigenvalue weighted by atomic mass is 9.79. The largest absolute Gasteiger partial charge is 0.329 e. The smallest absolute Gasteiger partial charge is 0.243 e. The zero-order chi connectivity index (χ0) is 29.3. The van der Waals surface area contributed by atoms with Gasteiger partial charge in [0.05, 0.1) is 27.3 Å². The highest BCUT2D eigenvalue weighted by Gasteiger charge is 2.54. The number of aromatic nitrogens is 1. The second-order valence-electron chi connectivity index (χ2n) is 12.3. The van der Waals surface area contributed by atoms with E-state index in [0.29, 0.717) is 48.5 Å². The van der Waals surface area contributed by atoms with Crippen molar-refractivity contribution in [2.24, 2.45) is 0 Å². The standard InChI is InChI=1S/C32H32F2N4O3S/c1-30(22-14-23(33)16-24(34)15-22)19-36-32(8-2-3-9-32)29(40)38(30)11-12-42(41)25-7-6-20-17-31(18-21(20)13-25)26-5-4-10-35-27(26)37-28(31)39/h4-7,10,13-16,36H,2-3,8-9,11-12,17-19H2,1H3,(H,35,37,39)/t30-,31?,42?/m0/s1.